The first-order valence-corrected chi connectivity index (χ1v) is 11.5. The van der Waals surface area contributed by atoms with Crippen molar-refractivity contribution in [3.05, 3.63) is 89.4 Å². The van der Waals surface area contributed by atoms with Crippen molar-refractivity contribution in [3.63, 3.8) is 0 Å². The number of anilines is 2. The number of halogens is 1. The summed E-state index contributed by atoms with van der Waals surface area (Å²) in [5.74, 6) is 0.471. The van der Waals surface area contributed by atoms with Crippen LogP contribution < -0.4 is 9.62 Å². The summed E-state index contributed by atoms with van der Waals surface area (Å²) in [7, 11) is 0. The summed E-state index contributed by atoms with van der Waals surface area (Å²) in [6.45, 7) is 1.53. The van der Waals surface area contributed by atoms with Crippen LogP contribution in [0.4, 0.5) is 11.4 Å². The third kappa shape index (κ3) is 4.43. The average Bonchev–Trinajstić information content (AvgIpc) is 2.85. The first kappa shape index (κ1) is 20.8. The molecule has 2 heterocycles. The van der Waals surface area contributed by atoms with Crippen molar-refractivity contribution in [2.45, 2.75) is 0 Å². The number of nitrogens with one attached hydrogen (secondary N) is 1. The lowest BCUT2D eigenvalue weighted by molar-refractivity contribution is 0.102. The van der Waals surface area contributed by atoms with Crippen LogP contribution in [0.5, 0.6) is 0 Å². The fraction of sp³-hybridized carbons (Fsp3) is 0.120. The Morgan fingerprint density at radius 3 is 2.69 bits per heavy atom. The highest BCUT2D eigenvalue weighted by atomic mass is 35.5. The number of carbonyl (C=O) groups is 1. The minimum absolute atomic E-state index is 0.175. The van der Waals surface area contributed by atoms with Crippen LogP contribution in [-0.4, -0.2) is 30.0 Å². The highest BCUT2D eigenvalue weighted by Crippen LogP contribution is 2.31. The van der Waals surface area contributed by atoms with Crippen LogP contribution in [0, 0.1) is 0 Å². The first-order valence-electron chi connectivity index (χ1n) is 10.2. The lowest BCUT2D eigenvalue weighted by atomic mass is 10.1. The normalized spacial score (nSPS) is 13.8. The van der Waals surface area contributed by atoms with Crippen molar-refractivity contribution in [1.29, 1.82) is 0 Å². The van der Waals surface area contributed by atoms with E-state index in [0.717, 1.165) is 34.4 Å². The van der Waals surface area contributed by atoms with Gasteiger partial charge in [0.25, 0.3) is 5.91 Å². The number of ether oxygens (including phenoxy) is 1. The maximum atomic E-state index is 12.8. The van der Waals surface area contributed by atoms with E-state index in [-0.39, 0.29) is 5.91 Å². The second-order valence-electron chi connectivity index (χ2n) is 7.34. The van der Waals surface area contributed by atoms with Crippen LogP contribution in [0.2, 0.25) is 5.02 Å². The standard InChI is InChI=1S/C25H20ClN3O2S/c26-22-11-8-19(15-21(22)24-12-7-17-3-1-2-4-23(17)28-24)27-25(30)18-5-9-20(10-6-18)29-13-14-31-16-32-29/h1-12,15H,13-14,16H2,(H,27,30). The first-order chi connectivity index (χ1) is 15.7. The highest BCUT2D eigenvalue weighted by Gasteiger charge is 2.14. The van der Waals surface area contributed by atoms with Gasteiger partial charge in [0.1, 0.15) is 5.94 Å². The predicted molar refractivity (Wildman–Crippen MR) is 132 cm³/mol. The monoisotopic (exact) mass is 461 g/mol. The Morgan fingerprint density at radius 1 is 1.03 bits per heavy atom. The molecule has 1 saturated heterocycles. The van der Waals surface area contributed by atoms with Crippen LogP contribution in [0.15, 0.2) is 78.9 Å². The quantitative estimate of drug-likeness (QED) is 0.364. The van der Waals surface area contributed by atoms with Crippen molar-refractivity contribution in [1.82, 2.24) is 4.98 Å². The van der Waals surface area contributed by atoms with E-state index >= 15 is 0 Å². The van der Waals surface area contributed by atoms with E-state index in [0.29, 0.717) is 28.8 Å². The zero-order chi connectivity index (χ0) is 21.9. The average molecular weight is 462 g/mol. The van der Waals surface area contributed by atoms with Gasteiger partial charge < -0.3 is 14.4 Å². The van der Waals surface area contributed by atoms with E-state index < -0.39 is 0 Å². The van der Waals surface area contributed by atoms with Gasteiger partial charge in [-0.25, -0.2) is 4.98 Å². The van der Waals surface area contributed by atoms with Gasteiger partial charge in [0, 0.05) is 27.9 Å². The van der Waals surface area contributed by atoms with Crippen LogP contribution >= 0.6 is 23.5 Å². The number of pyridine rings is 1. The zero-order valence-electron chi connectivity index (χ0n) is 17.1. The smallest absolute Gasteiger partial charge is 0.255 e. The Bertz CT molecular complexity index is 1270. The SMILES string of the molecule is O=C(Nc1ccc(Cl)c(-c2ccc3ccccc3n2)c1)c1ccc(N2CCOCS2)cc1. The summed E-state index contributed by atoms with van der Waals surface area (Å²) >= 11 is 8.09. The molecule has 0 radical (unpaired) electrons. The third-order valence-electron chi connectivity index (χ3n) is 5.25. The van der Waals surface area contributed by atoms with Gasteiger partial charge in [0.15, 0.2) is 0 Å². The van der Waals surface area contributed by atoms with E-state index in [4.69, 9.17) is 21.3 Å². The van der Waals surface area contributed by atoms with Gasteiger partial charge in [-0.2, -0.15) is 0 Å². The molecule has 3 aromatic carbocycles. The molecule has 1 fully saturated rings. The molecular weight excluding hydrogens is 442 g/mol. The maximum absolute atomic E-state index is 12.8. The number of amides is 1. The van der Waals surface area contributed by atoms with Gasteiger partial charge in [-0.3, -0.25) is 4.79 Å². The molecule has 4 aromatic rings. The number of carbonyl (C=O) groups excluding carboxylic acids is 1. The maximum Gasteiger partial charge on any atom is 0.255 e. The van der Waals surface area contributed by atoms with Gasteiger partial charge in [-0.05, 0) is 66.5 Å². The lowest BCUT2D eigenvalue weighted by Crippen LogP contribution is -2.26. The second kappa shape index (κ2) is 9.20. The van der Waals surface area contributed by atoms with Crippen LogP contribution in [-0.2, 0) is 4.74 Å². The molecule has 1 aliphatic heterocycles. The Labute approximate surface area is 195 Å². The minimum atomic E-state index is -0.175. The van der Waals surface area contributed by atoms with Crippen LogP contribution in [0.3, 0.4) is 0 Å². The topological polar surface area (TPSA) is 54.5 Å². The fourth-order valence-electron chi connectivity index (χ4n) is 3.57. The van der Waals surface area contributed by atoms with Crippen molar-refractivity contribution in [2.24, 2.45) is 0 Å². The molecule has 0 atom stereocenters. The zero-order valence-corrected chi connectivity index (χ0v) is 18.7. The van der Waals surface area contributed by atoms with Gasteiger partial charge in [0.05, 0.1) is 29.4 Å². The number of benzene rings is 3. The van der Waals surface area contributed by atoms with E-state index in [9.17, 15) is 4.79 Å². The van der Waals surface area contributed by atoms with Crippen LogP contribution in [0.25, 0.3) is 22.2 Å². The molecule has 32 heavy (non-hydrogen) atoms. The Kier molecular flexibility index (Phi) is 5.99. The number of aromatic nitrogens is 1. The molecule has 160 valence electrons. The molecule has 0 unspecified atom stereocenters. The molecule has 1 aromatic heterocycles. The number of fused-ring (bicyclic) bond motifs is 1. The van der Waals surface area contributed by atoms with E-state index in [2.05, 4.69) is 9.62 Å². The molecule has 1 amide bonds. The summed E-state index contributed by atoms with van der Waals surface area (Å²) in [6.07, 6.45) is 0. The summed E-state index contributed by atoms with van der Waals surface area (Å²) < 4.78 is 7.54. The molecular formula is C25H20ClN3O2S. The van der Waals surface area contributed by atoms with Crippen molar-refractivity contribution in [3.8, 4) is 11.3 Å². The largest absolute Gasteiger partial charge is 0.367 e. The van der Waals surface area contributed by atoms with Gasteiger partial charge in [-0.15, -0.1) is 0 Å². The minimum Gasteiger partial charge on any atom is -0.367 e. The Morgan fingerprint density at radius 2 is 1.88 bits per heavy atom. The molecule has 0 aliphatic carbocycles. The summed E-state index contributed by atoms with van der Waals surface area (Å²) in [5.41, 5.74) is 4.75. The number of nitrogens with zero attached hydrogens (tertiary/aromatic N) is 2. The molecule has 1 N–H and O–H groups in total. The summed E-state index contributed by atoms with van der Waals surface area (Å²) in [4.78, 5) is 17.5. The molecule has 7 heteroatoms. The second-order valence-corrected chi connectivity index (χ2v) is 8.68. The molecule has 1 aliphatic rings. The molecule has 0 spiro atoms. The summed E-state index contributed by atoms with van der Waals surface area (Å²) in [6, 6.07) is 24.9. The fourth-order valence-corrected chi connectivity index (χ4v) is 4.58. The molecule has 0 bridgehead atoms. The van der Waals surface area contributed by atoms with Gasteiger partial charge in [0.2, 0.25) is 0 Å². The molecule has 5 rings (SSSR count). The van der Waals surface area contributed by atoms with Crippen molar-refractivity contribution >= 4 is 51.7 Å². The van der Waals surface area contributed by atoms with Gasteiger partial charge >= 0.3 is 0 Å². The number of hydrogen-bond acceptors (Lipinski definition) is 5. The van der Waals surface area contributed by atoms with Crippen molar-refractivity contribution < 1.29 is 9.53 Å². The lowest BCUT2D eigenvalue weighted by Gasteiger charge is -2.27. The van der Waals surface area contributed by atoms with Crippen LogP contribution in [0.1, 0.15) is 10.4 Å². The number of hydrogen-bond donors (Lipinski definition) is 1. The third-order valence-corrected chi connectivity index (χ3v) is 6.55. The van der Waals surface area contributed by atoms with Gasteiger partial charge in [-0.1, -0.05) is 35.9 Å². The highest BCUT2D eigenvalue weighted by molar-refractivity contribution is 8.00. The number of rotatable bonds is 4. The molecule has 0 saturated carbocycles. The summed E-state index contributed by atoms with van der Waals surface area (Å²) in [5, 5.41) is 4.61. The Balaban J connectivity index is 1.35. The van der Waals surface area contributed by atoms with E-state index in [1.807, 2.05) is 66.7 Å². The Hall–Kier alpha value is -3.06. The molecule has 5 nitrogen and oxygen atoms in total. The van der Waals surface area contributed by atoms with E-state index in [1.54, 1.807) is 24.1 Å². The van der Waals surface area contributed by atoms with E-state index in [1.165, 1.54) is 0 Å². The van der Waals surface area contributed by atoms with Crippen molar-refractivity contribution in [2.75, 3.05) is 28.7 Å². The number of para-hydroxylation sites is 1. The predicted octanol–water partition coefficient (Wildman–Crippen LogP) is 6.25.